The smallest absolute Gasteiger partial charge is 0.292 e. The van der Waals surface area contributed by atoms with E-state index in [0.29, 0.717) is 11.1 Å². The van der Waals surface area contributed by atoms with Crippen LogP contribution in [-0.2, 0) is 19.6 Å². The molecule has 5 nitrogen and oxygen atoms in total. The zero-order chi connectivity index (χ0) is 18.4. The zero-order valence-electron chi connectivity index (χ0n) is 13.8. The number of hydrogen-bond donors (Lipinski definition) is 0. The van der Waals surface area contributed by atoms with Gasteiger partial charge in [-0.05, 0) is 30.7 Å². The molecule has 0 N–H and O–H groups in total. The van der Waals surface area contributed by atoms with Crippen molar-refractivity contribution in [3.8, 4) is 0 Å². The molecule has 0 radical (unpaired) electrons. The fraction of sp³-hybridized carbons (Fsp3) is 0.263. The van der Waals surface area contributed by atoms with Crippen molar-refractivity contribution in [3.63, 3.8) is 0 Å². The number of rotatable bonds is 4. The summed E-state index contributed by atoms with van der Waals surface area (Å²) in [5.41, 5.74) is 0.675. The second-order valence-corrected chi connectivity index (χ2v) is 8.50. The first-order valence-corrected chi connectivity index (χ1v) is 9.77. The number of carbonyl (C=O) groups excluding carboxylic acids is 1. The number of halogens is 1. The molecule has 26 heavy (non-hydrogen) atoms. The molecule has 0 amide bonds. The van der Waals surface area contributed by atoms with Crippen molar-refractivity contribution in [1.29, 1.82) is 0 Å². The summed E-state index contributed by atoms with van der Waals surface area (Å²) in [6, 6.07) is 14.0. The van der Waals surface area contributed by atoms with Crippen LogP contribution in [-0.4, -0.2) is 19.2 Å². The van der Waals surface area contributed by atoms with E-state index in [4.69, 9.17) is 4.42 Å². The Bertz CT molecular complexity index is 1040. The van der Waals surface area contributed by atoms with Gasteiger partial charge in [-0.15, -0.1) is 0 Å². The Labute approximate surface area is 149 Å². The first kappa shape index (κ1) is 16.9. The van der Waals surface area contributed by atoms with Crippen LogP contribution in [0.3, 0.4) is 0 Å². The lowest BCUT2D eigenvalue weighted by atomic mass is 10.0. The number of ketones is 1. The highest BCUT2D eigenvalue weighted by Gasteiger charge is 2.58. The summed E-state index contributed by atoms with van der Waals surface area (Å²) >= 11 is 0. The van der Waals surface area contributed by atoms with Gasteiger partial charge in [0.25, 0.3) is 5.00 Å². The fourth-order valence-corrected chi connectivity index (χ4v) is 5.24. The van der Waals surface area contributed by atoms with Crippen molar-refractivity contribution in [1.82, 2.24) is 4.98 Å². The molecule has 3 aromatic rings. The van der Waals surface area contributed by atoms with Crippen LogP contribution in [0, 0.1) is 5.92 Å². The maximum Gasteiger partial charge on any atom is 0.292 e. The lowest BCUT2D eigenvalue weighted by Gasteiger charge is -2.27. The molecule has 134 valence electrons. The number of benzene rings is 2. The van der Waals surface area contributed by atoms with E-state index in [1.807, 2.05) is 0 Å². The first-order chi connectivity index (χ1) is 12.4. The summed E-state index contributed by atoms with van der Waals surface area (Å²) < 4.78 is 48.4. The van der Waals surface area contributed by atoms with Gasteiger partial charge in [0.2, 0.25) is 15.7 Å². The van der Waals surface area contributed by atoms with Gasteiger partial charge >= 0.3 is 0 Å². The van der Waals surface area contributed by atoms with Gasteiger partial charge in [0.05, 0.1) is 4.90 Å². The minimum Gasteiger partial charge on any atom is -0.436 e. The van der Waals surface area contributed by atoms with Crippen LogP contribution in [0.15, 0.2) is 63.9 Å². The standard InChI is InChI=1S/C19H16FNO4S/c20-19(13-10-11-14(22)12-13,26(23,24)15-6-2-1-3-7-15)18-21-16-8-4-5-9-17(16)25-18/h1-9,13H,10-12H2. The number of oxazole rings is 1. The molecule has 1 aliphatic carbocycles. The molecule has 2 aromatic carbocycles. The number of nitrogens with zero attached hydrogens (tertiary/aromatic N) is 1. The average molecular weight is 373 g/mol. The molecule has 1 aliphatic rings. The van der Waals surface area contributed by atoms with Gasteiger partial charge < -0.3 is 4.42 Å². The van der Waals surface area contributed by atoms with Gasteiger partial charge in [-0.2, -0.15) is 0 Å². The number of sulfone groups is 1. The molecular weight excluding hydrogens is 357 g/mol. The maximum atomic E-state index is 16.4. The van der Waals surface area contributed by atoms with Crippen molar-refractivity contribution in [2.24, 2.45) is 5.92 Å². The highest BCUT2D eigenvalue weighted by atomic mass is 32.2. The number of alkyl halides is 1. The Morgan fingerprint density at radius 2 is 1.77 bits per heavy atom. The van der Waals surface area contributed by atoms with Crippen LogP contribution >= 0.6 is 0 Å². The largest absolute Gasteiger partial charge is 0.436 e. The zero-order valence-corrected chi connectivity index (χ0v) is 14.6. The molecule has 1 heterocycles. The Hall–Kier alpha value is -2.54. The monoisotopic (exact) mass is 373 g/mol. The van der Waals surface area contributed by atoms with Crippen LogP contribution in [0.4, 0.5) is 4.39 Å². The van der Waals surface area contributed by atoms with Gasteiger partial charge in [0.15, 0.2) is 5.58 Å². The average Bonchev–Trinajstić information content (AvgIpc) is 3.28. The molecule has 4 rings (SSSR count). The predicted octanol–water partition coefficient (Wildman–Crippen LogP) is 3.79. The lowest BCUT2D eigenvalue weighted by molar-refractivity contribution is -0.117. The normalized spacial score (nSPS) is 20.3. The number of hydrogen-bond acceptors (Lipinski definition) is 5. The molecular formula is C19H16FNO4S. The van der Waals surface area contributed by atoms with E-state index in [0.717, 1.165) is 0 Å². The minimum absolute atomic E-state index is 0.139. The van der Waals surface area contributed by atoms with Gasteiger partial charge in [-0.25, -0.2) is 17.8 Å². The number of aromatic nitrogens is 1. The molecule has 0 aliphatic heterocycles. The second-order valence-electron chi connectivity index (χ2n) is 6.43. The van der Waals surface area contributed by atoms with Gasteiger partial charge in [-0.3, -0.25) is 4.79 Å². The van der Waals surface area contributed by atoms with E-state index in [1.54, 1.807) is 30.3 Å². The lowest BCUT2D eigenvalue weighted by Crippen LogP contribution is -2.38. The molecule has 1 saturated carbocycles. The Morgan fingerprint density at radius 1 is 1.08 bits per heavy atom. The number of para-hydroxylation sites is 2. The Balaban J connectivity index is 1.94. The quantitative estimate of drug-likeness (QED) is 0.695. The predicted molar refractivity (Wildman–Crippen MR) is 92.8 cm³/mol. The van der Waals surface area contributed by atoms with Gasteiger partial charge in [0.1, 0.15) is 11.3 Å². The third kappa shape index (κ3) is 2.46. The topological polar surface area (TPSA) is 77.2 Å². The van der Waals surface area contributed by atoms with E-state index < -0.39 is 26.6 Å². The van der Waals surface area contributed by atoms with Crippen LogP contribution < -0.4 is 0 Å². The highest BCUT2D eigenvalue weighted by molar-refractivity contribution is 7.92. The molecule has 2 atom stereocenters. The fourth-order valence-electron chi connectivity index (χ4n) is 3.43. The second kappa shape index (κ2) is 6.02. The van der Waals surface area contributed by atoms with Crippen molar-refractivity contribution in [2.75, 3.05) is 0 Å². The summed E-state index contributed by atoms with van der Waals surface area (Å²) in [5, 5.41) is -2.90. The van der Waals surface area contributed by atoms with Crippen molar-refractivity contribution in [2.45, 2.75) is 29.2 Å². The number of fused-ring (bicyclic) bond motifs is 1. The van der Waals surface area contributed by atoms with Crippen LogP contribution in [0.5, 0.6) is 0 Å². The van der Waals surface area contributed by atoms with E-state index in [-0.39, 0.29) is 29.9 Å². The van der Waals surface area contributed by atoms with E-state index in [9.17, 15) is 13.2 Å². The molecule has 1 aromatic heterocycles. The van der Waals surface area contributed by atoms with Gasteiger partial charge in [-0.1, -0.05) is 30.3 Å². The van der Waals surface area contributed by atoms with E-state index >= 15 is 4.39 Å². The molecule has 0 spiro atoms. The van der Waals surface area contributed by atoms with E-state index in [2.05, 4.69) is 4.98 Å². The Morgan fingerprint density at radius 3 is 2.42 bits per heavy atom. The molecule has 0 saturated heterocycles. The third-order valence-electron chi connectivity index (χ3n) is 4.80. The van der Waals surface area contributed by atoms with E-state index in [1.165, 1.54) is 24.3 Å². The van der Waals surface area contributed by atoms with Crippen LogP contribution in [0.2, 0.25) is 0 Å². The third-order valence-corrected chi connectivity index (χ3v) is 6.98. The molecule has 7 heteroatoms. The summed E-state index contributed by atoms with van der Waals surface area (Å²) in [6.07, 6.45) is 0.141. The highest BCUT2D eigenvalue weighted by Crippen LogP contribution is 2.49. The molecule has 2 unspecified atom stereocenters. The van der Waals surface area contributed by atoms with Crippen LogP contribution in [0.25, 0.3) is 11.1 Å². The summed E-state index contributed by atoms with van der Waals surface area (Å²) in [5.74, 6) is -1.70. The van der Waals surface area contributed by atoms with Crippen molar-refractivity contribution >= 4 is 26.7 Å². The van der Waals surface area contributed by atoms with Crippen LogP contribution in [0.1, 0.15) is 25.2 Å². The SMILES string of the molecule is O=C1CCC(C(F)(c2nc3ccccc3o2)S(=O)(=O)c2ccccc2)C1. The molecule has 0 bridgehead atoms. The summed E-state index contributed by atoms with van der Waals surface area (Å²) in [7, 11) is -4.48. The minimum atomic E-state index is -4.48. The van der Waals surface area contributed by atoms with Crippen molar-refractivity contribution in [3.05, 3.63) is 60.5 Å². The first-order valence-electron chi connectivity index (χ1n) is 8.29. The number of Topliss-reactive ketones (excluding diaryl/α,β-unsaturated/α-hetero) is 1. The van der Waals surface area contributed by atoms with Crippen molar-refractivity contribution < 1.29 is 22.0 Å². The maximum absolute atomic E-state index is 16.4. The summed E-state index contributed by atoms with van der Waals surface area (Å²) in [6.45, 7) is 0. The molecule has 1 fully saturated rings. The van der Waals surface area contributed by atoms with Gasteiger partial charge in [0, 0.05) is 18.8 Å². The Kier molecular flexibility index (Phi) is 3.91. The number of carbonyl (C=O) groups is 1. The summed E-state index contributed by atoms with van der Waals surface area (Å²) in [4.78, 5) is 15.7.